The van der Waals surface area contributed by atoms with Crippen molar-refractivity contribution in [3.05, 3.63) is 59.9 Å². The van der Waals surface area contributed by atoms with E-state index < -0.39 is 11.8 Å². The zero-order chi connectivity index (χ0) is 24.1. The van der Waals surface area contributed by atoms with E-state index in [1.165, 1.54) is 0 Å². The molecule has 1 unspecified atom stereocenters. The molecule has 0 bridgehead atoms. The minimum atomic E-state index is -0.943. The summed E-state index contributed by atoms with van der Waals surface area (Å²) in [4.78, 5) is 46.6. The summed E-state index contributed by atoms with van der Waals surface area (Å²) < 4.78 is 11.5. The Morgan fingerprint density at radius 1 is 1.21 bits per heavy atom. The molecule has 0 aliphatic carbocycles. The Morgan fingerprint density at radius 3 is 2.68 bits per heavy atom. The van der Waals surface area contributed by atoms with Gasteiger partial charge < -0.3 is 19.7 Å². The van der Waals surface area contributed by atoms with Crippen molar-refractivity contribution in [3.8, 4) is 5.75 Å². The molecule has 3 amide bonds. The lowest BCUT2D eigenvalue weighted by molar-refractivity contribution is -0.143. The maximum Gasteiger partial charge on any atom is 0.257 e. The van der Waals surface area contributed by atoms with Crippen LogP contribution in [0.3, 0.4) is 0 Å². The second-order valence-electron chi connectivity index (χ2n) is 8.49. The lowest BCUT2D eigenvalue weighted by Crippen LogP contribution is -2.59. The van der Waals surface area contributed by atoms with Crippen LogP contribution in [0.1, 0.15) is 42.1 Å². The molecule has 0 radical (unpaired) electrons. The molecule has 1 aromatic heterocycles. The van der Waals surface area contributed by atoms with E-state index in [1.54, 1.807) is 59.6 Å². The highest BCUT2D eigenvalue weighted by Gasteiger charge is 2.54. The molecule has 2 fully saturated rings. The number of nitrogens with zero attached hydrogens (tertiary/aromatic N) is 3. The van der Waals surface area contributed by atoms with Crippen LogP contribution in [0.2, 0.25) is 0 Å². The molecular formula is C25H30N4O5. The van der Waals surface area contributed by atoms with Crippen LogP contribution in [0, 0.1) is 0 Å². The number of rotatable bonds is 6. The molecule has 9 nitrogen and oxygen atoms in total. The average molecular weight is 467 g/mol. The smallest absolute Gasteiger partial charge is 0.257 e. The molecule has 0 saturated carbocycles. The first-order valence-corrected chi connectivity index (χ1v) is 11.5. The number of benzene rings is 1. The monoisotopic (exact) mass is 466 g/mol. The summed E-state index contributed by atoms with van der Waals surface area (Å²) in [5.41, 5.74) is 0.337. The van der Waals surface area contributed by atoms with E-state index in [1.807, 2.05) is 13.0 Å². The largest absolute Gasteiger partial charge is 0.497 e. The number of ether oxygens (including phenoxy) is 2. The first-order valence-electron chi connectivity index (χ1n) is 11.5. The predicted molar refractivity (Wildman–Crippen MR) is 124 cm³/mol. The zero-order valence-corrected chi connectivity index (χ0v) is 19.5. The normalized spacial score (nSPS) is 19.2. The van der Waals surface area contributed by atoms with Crippen molar-refractivity contribution in [2.75, 3.05) is 26.8 Å². The number of carbonyl (C=O) groups is 3. The quantitative estimate of drug-likeness (QED) is 0.699. The van der Waals surface area contributed by atoms with Crippen LogP contribution in [0.5, 0.6) is 5.75 Å². The van der Waals surface area contributed by atoms with Gasteiger partial charge in [-0.3, -0.25) is 24.3 Å². The molecule has 4 rings (SSSR count). The molecule has 180 valence electrons. The van der Waals surface area contributed by atoms with E-state index in [2.05, 4.69) is 10.3 Å². The Hall–Kier alpha value is -3.46. The third-order valence-corrected chi connectivity index (χ3v) is 6.49. The number of likely N-dealkylation sites (tertiary alicyclic amines) is 1. The molecule has 2 aliphatic heterocycles. The van der Waals surface area contributed by atoms with Crippen LogP contribution in [-0.4, -0.2) is 71.1 Å². The molecule has 9 heteroatoms. The van der Waals surface area contributed by atoms with E-state index in [0.717, 1.165) is 5.56 Å². The SMILES string of the molecule is CCC(=O)N1CCC2(CC1)OCC(C(=O)NCc1cccnc1)N2C(=O)c1cccc(OC)c1. The molecular weight excluding hydrogens is 436 g/mol. The summed E-state index contributed by atoms with van der Waals surface area (Å²) in [6.07, 6.45) is 4.68. The predicted octanol–water partition coefficient (Wildman–Crippen LogP) is 1.98. The van der Waals surface area contributed by atoms with Gasteiger partial charge in [-0.15, -0.1) is 0 Å². The van der Waals surface area contributed by atoms with Gasteiger partial charge in [0.15, 0.2) is 0 Å². The summed E-state index contributed by atoms with van der Waals surface area (Å²) >= 11 is 0. The highest BCUT2D eigenvalue weighted by atomic mass is 16.5. The average Bonchev–Trinajstić information content (AvgIpc) is 3.25. The van der Waals surface area contributed by atoms with Gasteiger partial charge in [0.1, 0.15) is 17.5 Å². The Labute approximate surface area is 199 Å². The standard InChI is InChI=1S/C25H30N4O5/c1-3-22(30)28-12-9-25(10-13-28)29(24(32)19-7-4-8-20(14-19)33-2)21(17-34-25)23(31)27-16-18-6-5-11-26-15-18/h4-8,11,14-15,21H,3,9-10,12-13,16-17H2,1-2H3,(H,27,31). The Balaban J connectivity index is 1.58. The molecule has 1 aromatic carbocycles. The molecule has 2 aromatic rings. The van der Waals surface area contributed by atoms with Gasteiger partial charge in [0.05, 0.1) is 13.7 Å². The maximum atomic E-state index is 13.8. The zero-order valence-electron chi connectivity index (χ0n) is 19.5. The van der Waals surface area contributed by atoms with Crippen molar-refractivity contribution in [1.82, 2.24) is 20.1 Å². The number of carbonyl (C=O) groups excluding carboxylic acids is 3. The first-order chi connectivity index (χ1) is 16.5. The second-order valence-corrected chi connectivity index (χ2v) is 8.49. The molecule has 2 aliphatic rings. The molecule has 2 saturated heterocycles. The summed E-state index contributed by atoms with van der Waals surface area (Å²) in [6.45, 7) is 3.17. The molecule has 1 N–H and O–H groups in total. The van der Waals surface area contributed by atoms with Gasteiger partial charge in [0, 0.05) is 56.9 Å². The number of pyridine rings is 1. The Bertz CT molecular complexity index is 1040. The van der Waals surface area contributed by atoms with Gasteiger partial charge >= 0.3 is 0 Å². The van der Waals surface area contributed by atoms with E-state index in [4.69, 9.17) is 9.47 Å². The Morgan fingerprint density at radius 2 is 2.00 bits per heavy atom. The lowest BCUT2D eigenvalue weighted by atomic mass is 9.96. The van der Waals surface area contributed by atoms with Gasteiger partial charge in [0.2, 0.25) is 11.8 Å². The lowest BCUT2D eigenvalue weighted by Gasteiger charge is -2.44. The van der Waals surface area contributed by atoms with E-state index in [0.29, 0.717) is 50.2 Å². The summed E-state index contributed by atoms with van der Waals surface area (Å²) in [5, 5.41) is 2.92. The maximum absolute atomic E-state index is 13.8. The minimum absolute atomic E-state index is 0.0734. The van der Waals surface area contributed by atoms with Crippen LogP contribution in [-0.2, 0) is 20.9 Å². The van der Waals surface area contributed by atoms with E-state index in [9.17, 15) is 14.4 Å². The molecule has 1 atom stereocenters. The van der Waals surface area contributed by atoms with Crippen molar-refractivity contribution in [2.24, 2.45) is 0 Å². The Kier molecular flexibility index (Phi) is 7.12. The van der Waals surface area contributed by atoms with Crippen LogP contribution < -0.4 is 10.1 Å². The van der Waals surface area contributed by atoms with Gasteiger partial charge in [-0.05, 0) is 29.8 Å². The number of amides is 3. The van der Waals surface area contributed by atoms with Gasteiger partial charge in [0.25, 0.3) is 5.91 Å². The number of piperidine rings is 1. The van der Waals surface area contributed by atoms with Crippen molar-refractivity contribution in [1.29, 1.82) is 0 Å². The van der Waals surface area contributed by atoms with Gasteiger partial charge in [-0.1, -0.05) is 19.1 Å². The first kappa shape index (κ1) is 23.7. The number of nitrogens with one attached hydrogen (secondary N) is 1. The fraction of sp³-hybridized carbons (Fsp3) is 0.440. The fourth-order valence-electron chi connectivity index (χ4n) is 4.60. The van der Waals surface area contributed by atoms with Crippen molar-refractivity contribution in [2.45, 2.75) is 44.5 Å². The summed E-state index contributed by atoms with van der Waals surface area (Å²) in [6, 6.07) is 9.77. The van der Waals surface area contributed by atoms with Crippen LogP contribution >= 0.6 is 0 Å². The van der Waals surface area contributed by atoms with E-state index >= 15 is 0 Å². The van der Waals surface area contributed by atoms with Crippen molar-refractivity contribution in [3.63, 3.8) is 0 Å². The molecule has 1 spiro atoms. The number of aromatic nitrogens is 1. The second kappa shape index (κ2) is 10.2. The number of hydrogen-bond acceptors (Lipinski definition) is 6. The topological polar surface area (TPSA) is 101 Å². The van der Waals surface area contributed by atoms with E-state index in [-0.39, 0.29) is 24.3 Å². The van der Waals surface area contributed by atoms with Gasteiger partial charge in [-0.2, -0.15) is 0 Å². The summed E-state index contributed by atoms with van der Waals surface area (Å²) in [5.74, 6) is 0.0440. The highest BCUT2D eigenvalue weighted by molar-refractivity contribution is 5.98. The number of methoxy groups -OCH3 is 1. The van der Waals surface area contributed by atoms with Crippen LogP contribution in [0.4, 0.5) is 0 Å². The van der Waals surface area contributed by atoms with Gasteiger partial charge in [-0.25, -0.2) is 0 Å². The summed E-state index contributed by atoms with van der Waals surface area (Å²) in [7, 11) is 1.54. The van der Waals surface area contributed by atoms with Crippen LogP contribution in [0.25, 0.3) is 0 Å². The van der Waals surface area contributed by atoms with Crippen LogP contribution in [0.15, 0.2) is 48.8 Å². The minimum Gasteiger partial charge on any atom is -0.497 e. The fourth-order valence-corrected chi connectivity index (χ4v) is 4.60. The molecule has 3 heterocycles. The van der Waals surface area contributed by atoms with Crippen molar-refractivity contribution >= 4 is 17.7 Å². The van der Waals surface area contributed by atoms with Crippen molar-refractivity contribution < 1.29 is 23.9 Å². The third-order valence-electron chi connectivity index (χ3n) is 6.49. The molecule has 34 heavy (non-hydrogen) atoms. The number of hydrogen-bond donors (Lipinski definition) is 1. The third kappa shape index (κ3) is 4.75. The highest BCUT2D eigenvalue weighted by Crippen LogP contribution is 2.39.